The van der Waals surface area contributed by atoms with Crippen molar-refractivity contribution in [2.45, 2.75) is 58.5 Å². The van der Waals surface area contributed by atoms with Gasteiger partial charge in [-0.05, 0) is 93.9 Å². The minimum absolute atomic E-state index is 0.00713. The highest BCUT2D eigenvalue weighted by atomic mass is 35.5. The van der Waals surface area contributed by atoms with Crippen LogP contribution < -0.4 is 5.32 Å². The zero-order valence-electron chi connectivity index (χ0n) is 25.2. The number of fused-ring (bicyclic) bond motifs is 1. The van der Waals surface area contributed by atoms with E-state index in [1.807, 2.05) is 37.6 Å². The summed E-state index contributed by atoms with van der Waals surface area (Å²) in [5.41, 5.74) is 4.83. The summed E-state index contributed by atoms with van der Waals surface area (Å²) in [6.45, 7) is 8.95. The lowest BCUT2D eigenvalue weighted by Crippen LogP contribution is -2.33. The van der Waals surface area contributed by atoms with Gasteiger partial charge in [-0.3, -0.25) is 4.90 Å². The summed E-state index contributed by atoms with van der Waals surface area (Å²) in [6, 6.07) is 15.6. The van der Waals surface area contributed by atoms with Gasteiger partial charge in [0.1, 0.15) is 22.9 Å². The molecule has 10 heteroatoms. The maximum Gasteiger partial charge on any atom is 0.229 e. The smallest absolute Gasteiger partial charge is 0.229 e. The minimum Gasteiger partial charge on any atom is -0.326 e. The molecule has 228 valence electrons. The van der Waals surface area contributed by atoms with Crippen LogP contribution in [0.25, 0.3) is 22.3 Å². The van der Waals surface area contributed by atoms with E-state index in [1.165, 1.54) is 17.2 Å². The summed E-state index contributed by atoms with van der Waals surface area (Å²) >= 11 is 5.91. The van der Waals surface area contributed by atoms with Crippen LogP contribution in [0.15, 0.2) is 60.9 Å². The quantitative estimate of drug-likeness (QED) is 0.169. The molecule has 2 aromatic carbocycles. The molecular formula is C34H36ClF2N7. The zero-order chi connectivity index (χ0) is 30.8. The van der Waals surface area contributed by atoms with Gasteiger partial charge in [-0.2, -0.15) is 0 Å². The van der Waals surface area contributed by atoms with E-state index in [1.54, 1.807) is 6.07 Å². The van der Waals surface area contributed by atoms with E-state index >= 15 is 4.39 Å². The van der Waals surface area contributed by atoms with Crippen molar-refractivity contribution in [1.82, 2.24) is 29.4 Å². The molecule has 0 unspecified atom stereocenters. The topological polar surface area (TPSA) is 71.8 Å². The summed E-state index contributed by atoms with van der Waals surface area (Å²) in [5, 5.41) is 3.07. The van der Waals surface area contributed by atoms with Gasteiger partial charge < -0.3 is 9.88 Å². The van der Waals surface area contributed by atoms with Gasteiger partial charge in [-0.15, -0.1) is 11.6 Å². The number of pyridine rings is 1. The highest BCUT2D eigenvalue weighted by Gasteiger charge is 2.21. The van der Waals surface area contributed by atoms with E-state index in [0.29, 0.717) is 34.5 Å². The van der Waals surface area contributed by atoms with Crippen molar-refractivity contribution < 1.29 is 8.78 Å². The van der Waals surface area contributed by atoms with Gasteiger partial charge in [0, 0.05) is 30.2 Å². The number of aromatic nitrogens is 5. The first-order valence-electron chi connectivity index (χ1n) is 15.1. The molecule has 7 nitrogen and oxygen atoms in total. The Kier molecular flexibility index (Phi) is 8.86. The fraction of sp³-hybridized carbons (Fsp3) is 0.353. The van der Waals surface area contributed by atoms with Gasteiger partial charge in [-0.1, -0.05) is 30.3 Å². The van der Waals surface area contributed by atoms with Crippen LogP contribution in [-0.2, 0) is 18.8 Å². The number of rotatable bonds is 9. The molecule has 0 aliphatic carbocycles. The Morgan fingerprint density at radius 1 is 0.909 bits per heavy atom. The molecule has 5 aromatic rings. The molecule has 3 aromatic heterocycles. The van der Waals surface area contributed by atoms with Crippen LogP contribution in [0.1, 0.15) is 55.2 Å². The lowest BCUT2D eigenvalue weighted by atomic mass is 9.90. The second kappa shape index (κ2) is 13.0. The van der Waals surface area contributed by atoms with E-state index in [-0.39, 0.29) is 23.2 Å². The monoisotopic (exact) mass is 615 g/mol. The number of anilines is 2. The standard InChI is InChI=1S/C34H36ClF2N7/c1-21(2)44-22(3)40-33-28(36)15-27(16-30(33)44)32-29(37)19-39-34(42-32)41-31-9-8-26(18-38-31)14-23-10-12-43(13-11-23)20-25-6-4-24(17-35)5-7-25/h4-9,15-16,18-19,21,23H,10-14,17,20H2,1-3H3,(H,38,39,41,42). The van der Waals surface area contributed by atoms with Gasteiger partial charge in [0.25, 0.3) is 0 Å². The van der Waals surface area contributed by atoms with Crippen LogP contribution >= 0.6 is 11.6 Å². The van der Waals surface area contributed by atoms with E-state index < -0.39 is 11.6 Å². The molecule has 1 aliphatic rings. The number of imidazole rings is 1. The van der Waals surface area contributed by atoms with Crippen molar-refractivity contribution >= 4 is 34.4 Å². The maximum absolute atomic E-state index is 15.0. The maximum atomic E-state index is 15.0. The molecule has 1 saturated heterocycles. The second-order valence-electron chi connectivity index (χ2n) is 11.9. The lowest BCUT2D eigenvalue weighted by molar-refractivity contribution is 0.177. The minimum atomic E-state index is -0.639. The normalized spacial score (nSPS) is 14.5. The summed E-state index contributed by atoms with van der Waals surface area (Å²) in [7, 11) is 0. The fourth-order valence-corrected chi connectivity index (χ4v) is 6.27. The van der Waals surface area contributed by atoms with E-state index in [9.17, 15) is 4.39 Å². The Balaban J connectivity index is 1.09. The predicted molar refractivity (Wildman–Crippen MR) is 171 cm³/mol. The van der Waals surface area contributed by atoms with Crippen LogP contribution in [0, 0.1) is 24.5 Å². The van der Waals surface area contributed by atoms with Crippen molar-refractivity contribution in [2.24, 2.45) is 5.92 Å². The third-order valence-electron chi connectivity index (χ3n) is 8.34. The van der Waals surface area contributed by atoms with Crippen LogP contribution in [0.3, 0.4) is 0 Å². The highest BCUT2D eigenvalue weighted by molar-refractivity contribution is 6.17. The Labute approximate surface area is 261 Å². The number of nitrogens with zero attached hydrogens (tertiary/aromatic N) is 6. The molecule has 0 amide bonds. The highest BCUT2D eigenvalue weighted by Crippen LogP contribution is 2.31. The molecule has 0 spiro atoms. The van der Waals surface area contributed by atoms with Crippen LogP contribution in [0.5, 0.6) is 0 Å². The van der Waals surface area contributed by atoms with Crippen molar-refractivity contribution in [3.63, 3.8) is 0 Å². The number of halogens is 3. The summed E-state index contributed by atoms with van der Waals surface area (Å²) in [6.07, 6.45) is 6.23. The van der Waals surface area contributed by atoms with Crippen molar-refractivity contribution in [3.8, 4) is 11.3 Å². The molecule has 0 saturated carbocycles. The molecule has 4 heterocycles. The number of aryl methyl sites for hydroxylation is 1. The molecule has 1 N–H and O–H groups in total. The van der Waals surface area contributed by atoms with Crippen molar-refractivity contribution in [2.75, 3.05) is 18.4 Å². The second-order valence-corrected chi connectivity index (χ2v) is 12.2. The SMILES string of the molecule is Cc1nc2c(F)cc(-c3nc(Nc4ccc(CC5CCN(Cc6ccc(CCl)cc6)CC5)cn4)ncc3F)cc2n1C(C)C. The Hall–Kier alpha value is -3.95. The molecular weight excluding hydrogens is 580 g/mol. The summed E-state index contributed by atoms with van der Waals surface area (Å²) < 4.78 is 31.9. The molecule has 1 fully saturated rings. The van der Waals surface area contributed by atoms with Gasteiger partial charge in [-0.25, -0.2) is 28.7 Å². The van der Waals surface area contributed by atoms with E-state index in [4.69, 9.17) is 11.6 Å². The van der Waals surface area contributed by atoms with E-state index in [0.717, 1.165) is 50.7 Å². The first kappa shape index (κ1) is 30.1. The molecule has 0 radical (unpaired) electrons. The first-order chi connectivity index (χ1) is 21.3. The number of hydrogen-bond acceptors (Lipinski definition) is 6. The van der Waals surface area contributed by atoms with Gasteiger partial charge in [0.05, 0.1) is 11.7 Å². The number of hydrogen-bond donors (Lipinski definition) is 1. The van der Waals surface area contributed by atoms with Gasteiger partial charge in [0.2, 0.25) is 5.95 Å². The fourth-order valence-electron chi connectivity index (χ4n) is 6.09. The van der Waals surface area contributed by atoms with Crippen molar-refractivity contribution in [3.05, 3.63) is 95.1 Å². The first-order valence-corrected chi connectivity index (χ1v) is 15.6. The van der Waals surface area contributed by atoms with Gasteiger partial charge in [0.15, 0.2) is 11.6 Å². The number of likely N-dealkylation sites (tertiary alicyclic amines) is 1. The zero-order valence-corrected chi connectivity index (χ0v) is 26.0. The summed E-state index contributed by atoms with van der Waals surface area (Å²) in [4.78, 5) is 19.9. The number of piperidine rings is 1. The third kappa shape index (κ3) is 6.59. The largest absolute Gasteiger partial charge is 0.326 e. The molecule has 0 atom stereocenters. The number of nitrogens with one attached hydrogen (secondary N) is 1. The predicted octanol–water partition coefficient (Wildman–Crippen LogP) is 7.99. The lowest BCUT2D eigenvalue weighted by Gasteiger charge is -2.32. The van der Waals surface area contributed by atoms with Crippen molar-refractivity contribution in [1.29, 1.82) is 0 Å². The molecule has 6 rings (SSSR count). The number of alkyl halides is 1. The Morgan fingerprint density at radius 2 is 1.64 bits per heavy atom. The van der Waals surface area contributed by atoms with Crippen LogP contribution in [0.2, 0.25) is 0 Å². The number of benzene rings is 2. The molecule has 0 bridgehead atoms. The molecule has 1 aliphatic heterocycles. The Morgan fingerprint density at radius 3 is 2.32 bits per heavy atom. The summed E-state index contributed by atoms with van der Waals surface area (Å²) in [5.74, 6) is 1.43. The third-order valence-corrected chi connectivity index (χ3v) is 8.65. The van der Waals surface area contributed by atoms with E-state index in [2.05, 4.69) is 60.5 Å². The Bertz CT molecular complexity index is 1750. The average Bonchev–Trinajstić information content (AvgIpc) is 3.37. The van der Waals surface area contributed by atoms with Crippen LogP contribution in [-0.4, -0.2) is 42.5 Å². The molecule has 44 heavy (non-hydrogen) atoms. The van der Waals surface area contributed by atoms with Gasteiger partial charge >= 0.3 is 0 Å². The average molecular weight is 616 g/mol. The van der Waals surface area contributed by atoms with Crippen LogP contribution in [0.4, 0.5) is 20.5 Å².